The van der Waals surface area contributed by atoms with E-state index in [0.717, 1.165) is 17.7 Å². The number of carbonyl (C=O) groups is 1. The molecule has 0 saturated carbocycles. The molecule has 0 spiro atoms. The largest absolute Gasteiger partial charge is 0.485 e. The summed E-state index contributed by atoms with van der Waals surface area (Å²) in [7, 11) is 0. The highest BCUT2D eigenvalue weighted by atomic mass is 35.5. The third kappa shape index (κ3) is 5.91. The predicted octanol–water partition coefficient (Wildman–Crippen LogP) is 4.94. The molecule has 0 aliphatic carbocycles. The number of hydrogen-bond acceptors (Lipinski definition) is 3. The van der Waals surface area contributed by atoms with Crippen LogP contribution in [0.1, 0.15) is 22.8 Å². The Labute approximate surface area is 166 Å². The Hall–Kier alpha value is -3.21. The van der Waals surface area contributed by atoms with Crippen LogP contribution in [0.2, 0.25) is 5.02 Å². The van der Waals surface area contributed by atoms with E-state index in [4.69, 9.17) is 22.1 Å². The van der Waals surface area contributed by atoms with Crippen molar-refractivity contribution >= 4 is 29.8 Å². The zero-order chi connectivity index (χ0) is 20.5. The van der Waals surface area contributed by atoms with Crippen molar-refractivity contribution in [3.63, 3.8) is 0 Å². The maximum absolute atomic E-state index is 14.2. The minimum atomic E-state index is -1.21. The molecule has 0 atom stereocenters. The standard InChI is InChI=1S/C21H17ClF2N2O2/c1-2-3-15(12-26-11-10-14-4-6-16(22)7-5-14)13-28-18-9-8-17(23)19(20(18)24)21(25)27/h2,4-12H,13H2,1H3,(H2,25,27). The first-order valence-electron chi connectivity index (χ1n) is 8.18. The van der Waals surface area contributed by atoms with Crippen LogP contribution in [-0.2, 0) is 0 Å². The molecule has 28 heavy (non-hydrogen) atoms. The van der Waals surface area contributed by atoms with Crippen LogP contribution < -0.4 is 10.5 Å². The van der Waals surface area contributed by atoms with Gasteiger partial charge >= 0.3 is 0 Å². The minimum absolute atomic E-state index is 0.0939. The van der Waals surface area contributed by atoms with E-state index in [-0.39, 0.29) is 12.4 Å². The van der Waals surface area contributed by atoms with Gasteiger partial charge in [0.2, 0.25) is 0 Å². The molecule has 0 radical (unpaired) electrons. The monoisotopic (exact) mass is 402 g/mol. The normalized spacial score (nSPS) is 10.9. The average Bonchev–Trinajstić information content (AvgIpc) is 2.65. The second-order valence-electron chi connectivity index (χ2n) is 5.49. The molecule has 0 fully saturated rings. The molecule has 0 aromatic heterocycles. The van der Waals surface area contributed by atoms with Crippen LogP contribution in [0.15, 0.2) is 65.0 Å². The van der Waals surface area contributed by atoms with Crippen molar-refractivity contribution in [2.75, 3.05) is 6.61 Å². The second-order valence-corrected chi connectivity index (χ2v) is 5.93. The smallest absolute Gasteiger partial charge is 0.254 e. The lowest BCUT2D eigenvalue weighted by atomic mass is 10.1. The summed E-state index contributed by atoms with van der Waals surface area (Å²) < 4.78 is 33.0. The van der Waals surface area contributed by atoms with Crippen LogP contribution in [-0.4, -0.2) is 18.7 Å². The molecule has 0 unspecified atom stereocenters. The van der Waals surface area contributed by atoms with Gasteiger partial charge in [-0.2, -0.15) is 0 Å². The lowest BCUT2D eigenvalue weighted by molar-refractivity contribution is 0.0991. The molecule has 0 aliphatic rings. The zero-order valence-corrected chi connectivity index (χ0v) is 15.7. The Morgan fingerprint density at radius 2 is 1.96 bits per heavy atom. The molecule has 2 aromatic carbocycles. The van der Waals surface area contributed by atoms with Gasteiger partial charge in [0.25, 0.3) is 5.91 Å². The van der Waals surface area contributed by atoms with Crippen molar-refractivity contribution in [3.05, 3.63) is 87.8 Å². The van der Waals surface area contributed by atoms with E-state index in [1.54, 1.807) is 37.4 Å². The number of benzene rings is 2. The first kappa shape index (κ1) is 21.1. The van der Waals surface area contributed by atoms with Crippen molar-refractivity contribution in [2.24, 2.45) is 10.7 Å². The van der Waals surface area contributed by atoms with Gasteiger partial charge in [0.15, 0.2) is 11.6 Å². The van der Waals surface area contributed by atoms with Gasteiger partial charge in [-0.1, -0.05) is 23.7 Å². The van der Waals surface area contributed by atoms with E-state index in [1.807, 2.05) is 12.1 Å². The molecule has 2 N–H and O–H groups in total. The van der Waals surface area contributed by atoms with Gasteiger partial charge in [0.05, 0.1) is 0 Å². The third-order valence-corrected chi connectivity index (χ3v) is 3.72. The van der Waals surface area contributed by atoms with Crippen LogP contribution in [0.5, 0.6) is 5.75 Å². The lowest BCUT2D eigenvalue weighted by Crippen LogP contribution is -2.16. The quantitative estimate of drug-likeness (QED) is 0.526. The zero-order valence-electron chi connectivity index (χ0n) is 15.0. The summed E-state index contributed by atoms with van der Waals surface area (Å²) in [5, 5.41) is 0.642. The highest BCUT2D eigenvalue weighted by Crippen LogP contribution is 2.23. The highest BCUT2D eigenvalue weighted by Gasteiger charge is 2.19. The Balaban J connectivity index is 2.08. The van der Waals surface area contributed by atoms with Crippen molar-refractivity contribution in [2.45, 2.75) is 6.92 Å². The summed E-state index contributed by atoms with van der Waals surface area (Å²) in [6.45, 7) is 1.66. The summed E-state index contributed by atoms with van der Waals surface area (Å²) >= 11 is 5.83. The van der Waals surface area contributed by atoms with Crippen LogP contribution in [0.4, 0.5) is 8.78 Å². The number of hydrogen-bond donors (Lipinski definition) is 1. The molecule has 2 rings (SSSR count). The molecule has 1 amide bonds. The lowest BCUT2D eigenvalue weighted by Gasteiger charge is -2.09. The number of nitrogens with two attached hydrogens (primary N) is 1. The maximum Gasteiger partial charge on any atom is 0.254 e. The number of carbonyl (C=O) groups excluding carboxylic acids is 1. The van der Waals surface area contributed by atoms with E-state index < -0.39 is 23.1 Å². The second kappa shape index (κ2) is 10.2. The Bertz CT molecular complexity index is 977. The summed E-state index contributed by atoms with van der Waals surface area (Å²) in [4.78, 5) is 15.3. The summed E-state index contributed by atoms with van der Waals surface area (Å²) in [6, 6.07) is 9.22. The van der Waals surface area contributed by atoms with Crippen LogP contribution >= 0.6 is 11.6 Å². The highest BCUT2D eigenvalue weighted by molar-refractivity contribution is 6.30. The topological polar surface area (TPSA) is 64.7 Å². The van der Waals surface area contributed by atoms with Crippen molar-refractivity contribution in [1.82, 2.24) is 0 Å². The van der Waals surface area contributed by atoms with Crippen molar-refractivity contribution in [1.29, 1.82) is 0 Å². The molecule has 4 nitrogen and oxygen atoms in total. The van der Waals surface area contributed by atoms with Crippen LogP contribution in [0.3, 0.4) is 0 Å². The Morgan fingerprint density at radius 1 is 1.25 bits per heavy atom. The number of rotatable bonds is 7. The number of ether oxygens (including phenoxy) is 1. The Morgan fingerprint density at radius 3 is 2.61 bits per heavy atom. The molecule has 0 heterocycles. The SMILES string of the molecule is CC=C=C(C=NC=Cc1ccc(Cl)cc1)COc1ccc(F)c(C(N)=O)c1F. The Kier molecular flexibility index (Phi) is 7.69. The fraction of sp³-hybridized carbons (Fsp3) is 0.0952. The molecule has 0 saturated heterocycles. The predicted molar refractivity (Wildman–Crippen MR) is 107 cm³/mol. The minimum Gasteiger partial charge on any atom is -0.485 e. The number of primary amides is 1. The van der Waals surface area contributed by atoms with E-state index in [2.05, 4.69) is 10.7 Å². The van der Waals surface area contributed by atoms with E-state index in [1.165, 1.54) is 6.21 Å². The molecular weight excluding hydrogens is 386 g/mol. The van der Waals surface area contributed by atoms with Crippen LogP contribution in [0.25, 0.3) is 6.08 Å². The summed E-state index contributed by atoms with van der Waals surface area (Å²) in [5.41, 5.74) is 8.48. The van der Waals surface area contributed by atoms with E-state index in [0.29, 0.717) is 10.6 Å². The summed E-state index contributed by atoms with van der Waals surface area (Å²) in [6.07, 6.45) is 6.48. The van der Waals surface area contributed by atoms with Crippen LogP contribution in [0, 0.1) is 11.6 Å². The van der Waals surface area contributed by atoms with E-state index in [9.17, 15) is 13.6 Å². The molecule has 0 aliphatic heterocycles. The van der Waals surface area contributed by atoms with E-state index >= 15 is 0 Å². The van der Waals surface area contributed by atoms with Gasteiger partial charge in [-0.15, -0.1) is 5.73 Å². The fourth-order valence-electron chi connectivity index (χ4n) is 2.16. The van der Waals surface area contributed by atoms with Gasteiger partial charge in [-0.05, 0) is 48.9 Å². The number of aliphatic imine (C=N–C) groups is 1. The molecule has 2 aromatic rings. The number of nitrogens with zero attached hydrogens (tertiary/aromatic N) is 1. The fourth-order valence-corrected chi connectivity index (χ4v) is 2.29. The average molecular weight is 403 g/mol. The van der Waals surface area contributed by atoms with Crippen molar-refractivity contribution < 1.29 is 18.3 Å². The van der Waals surface area contributed by atoms with Gasteiger partial charge in [-0.25, -0.2) is 8.78 Å². The third-order valence-electron chi connectivity index (χ3n) is 3.47. The first-order chi connectivity index (χ1) is 13.4. The molecule has 0 bridgehead atoms. The molecule has 144 valence electrons. The van der Waals surface area contributed by atoms with Gasteiger partial charge in [0, 0.05) is 23.0 Å². The molecule has 7 heteroatoms. The van der Waals surface area contributed by atoms with Gasteiger partial charge in [0.1, 0.15) is 18.0 Å². The number of amides is 1. The maximum atomic E-state index is 14.2. The van der Waals surface area contributed by atoms with Gasteiger partial charge < -0.3 is 10.5 Å². The number of halogens is 3. The summed E-state index contributed by atoms with van der Waals surface area (Å²) in [5.74, 6) is -3.70. The molecular formula is C21H17ClF2N2O2. The first-order valence-corrected chi connectivity index (χ1v) is 8.56. The van der Waals surface area contributed by atoms with Gasteiger partial charge in [-0.3, -0.25) is 9.79 Å². The van der Waals surface area contributed by atoms with Crippen molar-refractivity contribution in [3.8, 4) is 5.75 Å².